The molecule has 0 amide bonds. The zero-order valence-electron chi connectivity index (χ0n) is 20.9. The minimum absolute atomic E-state index is 0.139. The first-order chi connectivity index (χ1) is 17.3. The van der Waals surface area contributed by atoms with Crippen LogP contribution >= 0.6 is 0 Å². The highest BCUT2D eigenvalue weighted by Crippen LogP contribution is 2.29. The van der Waals surface area contributed by atoms with Gasteiger partial charge in [-0.05, 0) is 41.8 Å². The summed E-state index contributed by atoms with van der Waals surface area (Å²) in [5.41, 5.74) is 1.57. The summed E-state index contributed by atoms with van der Waals surface area (Å²) in [7, 11) is 0. The van der Waals surface area contributed by atoms with Crippen molar-refractivity contribution in [3.63, 3.8) is 0 Å². The highest BCUT2D eigenvalue weighted by Gasteiger charge is 2.30. The van der Waals surface area contributed by atoms with E-state index < -0.39 is 24.3 Å². The Hall–Kier alpha value is -2.82. The van der Waals surface area contributed by atoms with Gasteiger partial charge in [0.2, 0.25) is 0 Å². The minimum Gasteiger partial charge on any atom is -0.479 e. The van der Waals surface area contributed by atoms with Gasteiger partial charge in [0.1, 0.15) is 0 Å². The highest BCUT2D eigenvalue weighted by atomic mass is 19.4. The van der Waals surface area contributed by atoms with E-state index in [0.717, 1.165) is 36.1 Å². The first-order valence-electron chi connectivity index (χ1n) is 12.6. The summed E-state index contributed by atoms with van der Waals surface area (Å²) in [5.74, 6) is 5.28. The van der Waals surface area contributed by atoms with Crippen LogP contribution in [0.2, 0.25) is 0 Å². The van der Waals surface area contributed by atoms with Crippen LogP contribution in [0.5, 0.6) is 0 Å². The van der Waals surface area contributed by atoms with Gasteiger partial charge in [0, 0.05) is 25.1 Å². The summed E-state index contributed by atoms with van der Waals surface area (Å²) >= 11 is 0. The SMILES string of the molecule is CCCCCCCCCCC#Cc1cccc(CN(Cc2ccc(C(F)(F)F)cc2)OCC(=O)O)c1. The Labute approximate surface area is 212 Å². The lowest BCUT2D eigenvalue weighted by Gasteiger charge is -2.21. The maximum atomic E-state index is 12.8. The van der Waals surface area contributed by atoms with Gasteiger partial charge in [0.05, 0.1) is 5.56 Å². The van der Waals surface area contributed by atoms with E-state index in [0.29, 0.717) is 5.56 Å². The van der Waals surface area contributed by atoms with Gasteiger partial charge in [0.25, 0.3) is 0 Å². The lowest BCUT2D eigenvalue weighted by Crippen LogP contribution is -2.26. The molecule has 196 valence electrons. The quantitative estimate of drug-likeness (QED) is 0.154. The second-order valence-corrected chi connectivity index (χ2v) is 8.89. The van der Waals surface area contributed by atoms with Gasteiger partial charge in [-0.1, -0.05) is 88.0 Å². The van der Waals surface area contributed by atoms with E-state index in [4.69, 9.17) is 9.94 Å². The fourth-order valence-electron chi connectivity index (χ4n) is 3.76. The lowest BCUT2D eigenvalue weighted by molar-refractivity contribution is -0.190. The molecule has 0 atom stereocenters. The number of aliphatic carboxylic acids is 1. The van der Waals surface area contributed by atoms with Crippen molar-refractivity contribution >= 4 is 5.97 Å². The van der Waals surface area contributed by atoms with Crippen LogP contribution < -0.4 is 0 Å². The third-order valence-corrected chi connectivity index (χ3v) is 5.68. The van der Waals surface area contributed by atoms with Crippen molar-refractivity contribution in [3.05, 3.63) is 70.8 Å². The Morgan fingerprint density at radius 1 is 0.917 bits per heavy atom. The van der Waals surface area contributed by atoms with Gasteiger partial charge in [0.15, 0.2) is 6.61 Å². The van der Waals surface area contributed by atoms with Crippen LogP contribution in [0.15, 0.2) is 48.5 Å². The number of benzene rings is 2. The largest absolute Gasteiger partial charge is 0.479 e. The first kappa shape index (κ1) is 29.4. The number of hydrogen-bond acceptors (Lipinski definition) is 3. The van der Waals surface area contributed by atoms with Crippen LogP contribution in [0.25, 0.3) is 0 Å². The smallest absolute Gasteiger partial charge is 0.416 e. The molecular weight excluding hydrogens is 467 g/mol. The fraction of sp³-hybridized carbons (Fsp3) is 0.483. The zero-order chi connectivity index (χ0) is 26.2. The number of carboxylic acid groups (broad SMARTS) is 1. The molecular formula is C29H36F3NO3. The Bertz CT molecular complexity index is 978. The lowest BCUT2D eigenvalue weighted by atomic mass is 10.1. The van der Waals surface area contributed by atoms with Crippen LogP contribution in [-0.2, 0) is 28.9 Å². The number of carbonyl (C=O) groups is 1. The number of nitrogens with zero attached hydrogens (tertiary/aromatic N) is 1. The average molecular weight is 504 g/mol. The molecule has 2 aromatic rings. The molecule has 2 rings (SSSR count). The molecule has 7 heteroatoms. The molecule has 4 nitrogen and oxygen atoms in total. The molecule has 0 aliphatic heterocycles. The number of alkyl halides is 3. The predicted molar refractivity (Wildman–Crippen MR) is 135 cm³/mol. The molecule has 0 heterocycles. The van der Waals surface area contributed by atoms with Crippen LogP contribution in [-0.4, -0.2) is 22.7 Å². The third kappa shape index (κ3) is 12.2. The van der Waals surface area contributed by atoms with Gasteiger partial charge in [-0.15, -0.1) is 0 Å². The van der Waals surface area contributed by atoms with Crippen molar-refractivity contribution in [3.8, 4) is 11.8 Å². The Balaban J connectivity index is 1.90. The molecule has 0 fully saturated rings. The van der Waals surface area contributed by atoms with E-state index in [1.165, 1.54) is 62.1 Å². The van der Waals surface area contributed by atoms with Crippen LogP contribution in [0.3, 0.4) is 0 Å². The van der Waals surface area contributed by atoms with Crippen LogP contribution in [0.1, 0.15) is 87.0 Å². The first-order valence-corrected chi connectivity index (χ1v) is 12.6. The topological polar surface area (TPSA) is 49.8 Å². The monoisotopic (exact) mass is 503 g/mol. The fourth-order valence-corrected chi connectivity index (χ4v) is 3.76. The highest BCUT2D eigenvalue weighted by molar-refractivity contribution is 5.67. The van der Waals surface area contributed by atoms with E-state index in [2.05, 4.69) is 18.8 Å². The summed E-state index contributed by atoms with van der Waals surface area (Å²) < 4.78 is 38.5. The molecule has 2 aromatic carbocycles. The summed E-state index contributed by atoms with van der Waals surface area (Å²) in [4.78, 5) is 16.4. The van der Waals surface area contributed by atoms with E-state index in [9.17, 15) is 18.0 Å². The Kier molecular flexibility index (Phi) is 13.1. The van der Waals surface area contributed by atoms with Crippen LogP contribution in [0.4, 0.5) is 13.2 Å². The molecule has 36 heavy (non-hydrogen) atoms. The average Bonchev–Trinajstić information content (AvgIpc) is 2.84. The normalized spacial score (nSPS) is 11.4. The molecule has 0 unspecified atom stereocenters. The van der Waals surface area contributed by atoms with E-state index in [1.807, 2.05) is 24.3 Å². The van der Waals surface area contributed by atoms with Crippen molar-refractivity contribution in [1.82, 2.24) is 5.06 Å². The number of rotatable bonds is 15. The van der Waals surface area contributed by atoms with Crippen molar-refractivity contribution in [2.24, 2.45) is 0 Å². The van der Waals surface area contributed by atoms with E-state index >= 15 is 0 Å². The molecule has 0 aliphatic carbocycles. The standard InChI is InChI=1S/C29H36F3NO3/c1-2-3-4-5-6-7-8-9-10-11-13-24-14-12-15-26(20-24)22-33(36-23-28(34)35)21-25-16-18-27(19-17-25)29(30,31)32/h12,14-20H,2-10,21-23H2,1H3,(H,34,35). The number of hydrogen-bond donors (Lipinski definition) is 1. The van der Waals surface area contributed by atoms with Gasteiger partial charge in [-0.25, -0.2) is 4.79 Å². The summed E-state index contributed by atoms with van der Waals surface area (Å²) in [6.45, 7) is 2.08. The molecule has 1 N–H and O–H groups in total. The molecule has 0 bridgehead atoms. The summed E-state index contributed by atoms with van der Waals surface area (Å²) in [6, 6.07) is 12.4. The Morgan fingerprint density at radius 2 is 1.56 bits per heavy atom. The van der Waals surface area contributed by atoms with Gasteiger partial charge in [-0.3, -0.25) is 4.84 Å². The van der Waals surface area contributed by atoms with Crippen molar-refractivity contribution in [2.75, 3.05) is 6.61 Å². The van der Waals surface area contributed by atoms with Crippen molar-refractivity contribution in [2.45, 2.75) is 84.0 Å². The van der Waals surface area contributed by atoms with Crippen molar-refractivity contribution < 1.29 is 27.9 Å². The second kappa shape index (κ2) is 16.0. The zero-order valence-corrected chi connectivity index (χ0v) is 20.9. The third-order valence-electron chi connectivity index (χ3n) is 5.68. The molecule has 0 saturated carbocycles. The van der Waals surface area contributed by atoms with E-state index in [1.54, 1.807) is 0 Å². The second-order valence-electron chi connectivity index (χ2n) is 8.89. The van der Waals surface area contributed by atoms with Gasteiger partial charge >= 0.3 is 12.1 Å². The van der Waals surface area contributed by atoms with Crippen molar-refractivity contribution in [1.29, 1.82) is 0 Å². The molecule has 0 aromatic heterocycles. The van der Waals surface area contributed by atoms with Crippen LogP contribution in [0, 0.1) is 11.8 Å². The van der Waals surface area contributed by atoms with Gasteiger partial charge < -0.3 is 5.11 Å². The number of halogens is 3. The number of unbranched alkanes of at least 4 members (excludes halogenated alkanes) is 8. The molecule has 0 radical (unpaired) electrons. The number of hydroxylamine groups is 2. The minimum atomic E-state index is -4.41. The summed E-state index contributed by atoms with van der Waals surface area (Å²) in [6.07, 6.45) is 6.51. The summed E-state index contributed by atoms with van der Waals surface area (Å²) in [5, 5.41) is 10.4. The maximum absolute atomic E-state index is 12.8. The number of carboxylic acids is 1. The maximum Gasteiger partial charge on any atom is 0.416 e. The van der Waals surface area contributed by atoms with Gasteiger partial charge in [-0.2, -0.15) is 18.2 Å². The predicted octanol–water partition coefficient (Wildman–Crippen LogP) is 7.61. The molecule has 0 saturated heterocycles. The van der Waals surface area contributed by atoms with E-state index in [-0.39, 0.29) is 13.1 Å². The molecule has 0 aliphatic rings. The molecule has 0 spiro atoms. The Morgan fingerprint density at radius 3 is 2.19 bits per heavy atom.